The molecular weight excluding hydrogens is 991 g/mol. The van der Waals surface area contributed by atoms with Gasteiger partial charge in [0.2, 0.25) is 5.91 Å². The van der Waals surface area contributed by atoms with Gasteiger partial charge in [-0.2, -0.15) is 0 Å². The van der Waals surface area contributed by atoms with E-state index in [0.29, 0.717) is 19.3 Å². The first kappa shape index (κ1) is 73.9. The van der Waals surface area contributed by atoms with Gasteiger partial charge in [-0.15, -0.1) is 0 Å². The number of aliphatic hydroxyl groups is 5. The third kappa shape index (κ3) is 43.2. The molecule has 0 aliphatic carbocycles. The lowest BCUT2D eigenvalue weighted by atomic mass is 9.99. The van der Waals surface area contributed by atoms with E-state index in [9.17, 15) is 35.1 Å². The van der Waals surface area contributed by atoms with Crippen molar-refractivity contribution in [1.82, 2.24) is 5.32 Å². The largest absolute Gasteiger partial charge is 0.454 e. The van der Waals surface area contributed by atoms with Crippen LogP contribution in [0.15, 0.2) is 85.1 Å². The second-order valence-electron chi connectivity index (χ2n) is 22.1. The topological polar surface area (TPSA) is 175 Å². The minimum atomic E-state index is -1.62. The Bertz CT molecular complexity index is 1610. The molecule has 1 rings (SSSR count). The first-order chi connectivity index (χ1) is 38.7. The Labute approximate surface area is 483 Å². The zero-order chi connectivity index (χ0) is 57.5. The number of rotatable bonds is 54. The highest BCUT2D eigenvalue weighted by Gasteiger charge is 2.47. The molecule has 0 bridgehead atoms. The van der Waals surface area contributed by atoms with Crippen molar-refractivity contribution in [1.29, 1.82) is 0 Å². The molecule has 0 aromatic carbocycles. The van der Waals surface area contributed by atoms with Crippen LogP contribution in [0.4, 0.5) is 0 Å². The van der Waals surface area contributed by atoms with Crippen LogP contribution in [0, 0.1) is 0 Å². The second kappa shape index (κ2) is 55.4. The predicted molar refractivity (Wildman–Crippen MR) is 329 cm³/mol. The van der Waals surface area contributed by atoms with Crippen LogP contribution in [0.3, 0.4) is 0 Å². The Morgan fingerprint density at radius 3 is 1.37 bits per heavy atom. The van der Waals surface area contributed by atoms with Crippen LogP contribution >= 0.6 is 0 Å². The summed E-state index contributed by atoms with van der Waals surface area (Å²) in [7, 11) is 0. The van der Waals surface area contributed by atoms with Crippen LogP contribution < -0.4 is 5.32 Å². The fourth-order valence-corrected chi connectivity index (χ4v) is 9.71. The Morgan fingerprint density at radius 1 is 0.506 bits per heavy atom. The van der Waals surface area contributed by atoms with E-state index in [4.69, 9.17) is 14.2 Å². The number of aliphatic hydroxyl groups excluding tert-OH is 5. The van der Waals surface area contributed by atoms with E-state index in [0.717, 1.165) is 109 Å². The maximum Gasteiger partial charge on any atom is 0.306 e. The van der Waals surface area contributed by atoms with Crippen molar-refractivity contribution < 1.29 is 49.3 Å². The Kier molecular flexibility index (Phi) is 51.8. The molecular formula is C68H119NO10. The van der Waals surface area contributed by atoms with E-state index in [2.05, 4.69) is 99.0 Å². The number of carbonyl (C=O) groups excluding carboxylic acids is 2. The number of allylic oxidation sites excluding steroid dienone is 13. The highest BCUT2D eigenvalue weighted by atomic mass is 16.7. The summed E-state index contributed by atoms with van der Waals surface area (Å²) in [6.07, 6.45) is 62.0. The average molecular weight is 1110 g/mol. The summed E-state index contributed by atoms with van der Waals surface area (Å²) in [5.41, 5.74) is 0. The first-order valence-electron chi connectivity index (χ1n) is 32.4. The number of ether oxygens (including phenoxy) is 3. The summed E-state index contributed by atoms with van der Waals surface area (Å²) in [5.74, 6) is -1.20. The zero-order valence-corrected chi connectivity index (χ0v) is 50.5. The minimum Gasteiger partial charge on any atom is -0.454 e. The molecule has 0 aromatic heterocycles. The molecule has 1 fully saturated rings. The fourth-order valence-electron chi connectivity index (χ4n) is 9.71. The number of esters is 1. The lowest BCUT2D eigenvalue weighted by Gasteiger charge is -2.41. The van der Waals surface area contributed by atoms with Crippen molar-refractivity contribution >= 4 is 11.9 Å². The van der Waals surface area contributed by atoms with Crippen LogP contribution in [0.2, 0.25) is 0 Å². The molecule has 1 heterocycles. The molecule has 6 N–H and O–H groups in total. The summed E-state index contributed by atoms with van der Waals surface area (Å²) < 4.78 is 17.6. The standard InChI is InChI=1S/C68H119NO10/c1-4-7-10-13-16-19-22-24-25-26-27-28-29-30-31-32-33-34-35-36-37-39-41-44-47-50-53-56-63(73)79-66-65(75)64(74)62(57-70)78-68(66)77-58-59(60(71)54-51-48-45-43-40-38-23-20-17-14-11-8-5-2)69-67(76)61(72)55-52-49-46-42-21-18-15-12-9-6-3/h7,10,16,19,24-25,27-28,30-31,33-34,51,54,59-62,64-66,68,70-72,74-75H,4-6,8-9,11-15,17-18,20-23,26,29,32,35-50,52-53,55-58H2,1-3H3,(H,69,76)/b10-7-,19-16-,25-24-,28-27-,31-30-,34-33-,54-51+. The van der Waals surface area contributed by atoms with Crippen LogP contribution in [0.1, 0.15) is 271 Å². The average Bonchev–Trinajstić information content (AvgIpc) is 3.47. The molecule has 1 saturated heterocycles. The molecule has 1 aliphatic rings. The summed E-state index contributed by atoms with van der Waals surface area (Å²) in [5, 5.41) is 56.9. The van der Waals surface area contributed by atoms with Crippen molar-refractivity contribution in [2.45, 2.75) is 320 Å². The van der Waals surface area contributed by atoms with E-state index >= 15 is 0 Å². The summed E-state index contributed by atoms with van der Waals surface area (Å²) >= 11 is 0. The number of hydrogen-bond acceptors (Lipinski definition) is 10. The predicted octanol–water partition coefficient (Wildman–Crippen LogP) is 15.7. The van der Waals surface area contributed by atoms with Gasteiger partial charge in [-0.25, -0.2) is 0 Å². The number of unbranched alkanes of at least 4 members (excludes halogenated alkanes) is 28. The fraction of sp³-hybridized carbons (Fsp3) is 0.765. The van der Waals surface area contributed by atoms with Gasteiger partial charge in [-0.3, -0.25) is 9.59 Å². The molecule has 11 heteroatoms. The van der Waals surface area contributed by atoms with Crippen LogP contribution in [0.25, 0.3) is 0 Å². The van der Waals surface area contributed by atoms with Crippen molar-refractivity contribution in [2.24, 2.45) is 0 Å². The Balaban J connectivity index is 2.58. The van der Waals surface area contributed by atoms with Crippen molar-refractivity contribution in [2.75, 3.05) is 13.2 Å². The van der Waals surface area contributed by atoms with Gasteiger partial charge in [0.25, 0.3) is 0 Å². The summed E-state index contributed by atoms with van der Waals surface area (Å²) in [4.78, 5) is 26.5. The Hall–Kier alpha value is -3.16. The van der Waals surface area contributed by atoms with Gasteiger partial charge in [0, 0.05) is 6.42 Å². The van der Waals surface area contributed by atoms with Crippen LogP contribution in [-0.2, 0) is 23.8 Å². The van der Waals surface area contributed by atoms with Crippen LogP contribution in [0.5, 0.6) is 0 Å². The van der Waals surface area contributed by atoms with Gasteiger partial charge in [-0.1, -0.05) is 273 Å². The molecule has 11 nitrogen and oxygen atoms in total. The normalized spacial score (nSPS) is 19.4. The molecule has 456 valence electrons. The molecule has 79 heavy (non-hydrogen) atoms. The van der Waals surface area contributed by atoms with Crippen LogP contribution in [-0.4, -0.2) is 99.6 Å². The highest BCUT2D eigenvalue weighted by molar-refractivity contribution is 5.80. The van der Waals surface area contributed by atoms with E-state index in [1.807, 2.05) is 6.08 Å². The maximum absolute atomic E-state index is 13.4. The van der Waals surface area contributed by atoms with E-state index in [1.165, 1.54) is 116 Å². The van der Waals surface area contributed by atoms with E-state index in [1.54, 1.807) is 6.08 Å². The van der Waals surface area contributed by atoms with E-state index in [-0.39, 0.29) is 13.0 Å². The van der Waals surface area contributed by atoms with Crippen molar-refractivity contribution in [3.63, 3.8) is 0 Å². The third-order valence-electron chi connectivity index (χ3n) is 14.8. The zero-order valence-electron chi connectivity index (χ0n) is 50.5. The monoisotopic (exact) mass is 1110 g/mol. The number of carbonyl (C=O) groups is 2. The number of hydrogen-bond donors (Lipinski definition) is 6. The van der Waals surface area contributed by atoms with Gasteiger partial charge in [0.15, 0.2) is 12.4 Å². The molecule has 0 spiro atoms. The van der Waals surface area contributed by atoms with Gasteiger partial charge >= 0.3 is 5.97 Å². The van der Waals surface area contributed by atoms with Gasteiger partial charge in [0.1, 0.15) is 24.4 Å². The van der Waals surface area contributed by atoms with Gasteiger partial charge in [0.05, 0.1) is 25.4 Å². The molecule has 0 radical (unpaired) electrons. The summed E-state index contributed by atoms with van der Waals surface area (Å²) in [6.45, 7) is 5.66. The van der Waals surface area contributed by atoms with Gasteiger partial charge < -0.3 is 45.1 Å². The molecule has 8 atom stereocenters. The molecule has 8 unspecified atom stereocenters. The SMILES string of the molecule is CC/C=C\C/C=C\C/C=C\C/C=C\C/C=C\C/C=C\CCCCCCCCCCC(=O)OC1C(OCC(NC(=O)C(O)CCCCCCCCCCCC)C(O)/C=C/CCCCCCCCCCCCC)OC(CO)C(O)C1O. The molecule has 0 aromatic rings. The number of nitrogens with one attached hydrogen (secondary N) is 1. The smallest absolute Gasteiger partial charge is 0.306 e. The van der Waals surface area contributed by atoms with E-state index < -0.39 is 67.4 Å². The first-order valence-corrected chi connectivity index (χ1v) is 32.4. The minimum absolute atomic E-state index is 0.111. The molecule has 1 aliphatic heterocycles. The quantitative estimate of drug-likeness (QED) is 0.0195. The third-order valence-corrected chi connectivity index (χ3v) is 14.8. The molecule has 1 amide bonds. The Morgan fingerprint density at radius 2 is 0.911 bits per heavy atom. The summed E-state index contributed by atoms with van der Waals surface area (Å²) in [6, 6.07) is -1.03. The maximum atomic E-state index is 13.4. The van der Waals surface area contributed by atoms with Crippen molar-refractivity contribution in [3.05, 3.63) is 85.1 Å². The lowest BCUT2D eigenvalue weighted by molar-refractivity contribution is -0.305. The van der Waals surface area contributed by atoms with Crippen molar-refractivity contribution in [3.8, 4) is 0 Å². The number of amides is 1. The highest BCUT2D eigenvalue weighted by Crippen LogP contribution is 2.26. The second-order valence-corrected chi connectivity index (χ2v) is 22.1. The molecule has 0 saturated carbocycles. The van der Waals surface area contributed by atoms with Gasteiger partial charge in [-0.05, 0) is 77.0 Å². The lowest BCUT2D eigenvalue weighted by Crippen LogP contribution is -2.61.